The Labute approximate surface area is 169 Å². The number of aromatic nitrogens is 1. The summed E-state index contributed by atoms with van der Waals surface area (Å²) in [6, 6.07) is 12.3. The maximum Gasteiger partial charge on any atom is 0.262 e. The third kappa shape index (κ3) is 3.99. The van der Waals surface area contributed by atoms with E-state index in [0.29, 0.717) is 36.7 Å². The lowest BCUT2D eigenvalue weighted by atomic mass is 9.99. The van der Waals surface area contributed by atoms with Gasteiger partial charge in [0, 0.05) is 30.8 Å². The van der Waals surface area contributed by atoms with Gasteiger partial charge in [0.25, 0.3) is 11.8 Å². The van der Waals surface area contributed by atoms with Crippen LogP contribution in [0.1, 0.15) is 39.3 Å². The highest BCUT2D eigenvalue weighted by Crippen LogP contribution is 2.23. The van der Waals surface area contributed by atoms with E-state index in [4.69, 9.17) is 4.74 Å². The molecule has 1 aromatic heterocycles. The minimum Gasteiger partial charge on any atom is -0.477 e. The van der Waals surface area contributed by atoms with Crippen LogP contribution >= 0.6 is 0 Å². The van der Waals surface area contributed by atoms with Crippen molar-refractivity contribution in [2.24, 2.45) is 5.92 Å². The average molecular weight is 393 g/mol. The number of piperidine rings is 1. The van der Waals surface area contributed by atoms with Gasteiger partial charge in [0.05, 0.1) is 17.7 Å². The fourth-order valence-electron chi connectivity index (χ4n) is 3.85. The number of likely N-dealkylation sites (tertiary alicyclic amines) is 1. The molecule has 1 unspecified atom stereocenters. The van der Waals surface area contributed by atoms with Crippen molar-refractivity contribution in [3.63, 3.8) is 0 Å². The van der Waals surface area contributed by atoms with Crippen molar-refractivity contribution < 1.29 is 19.1 Å². The molecular weight excluding hydrogens is 370 g/mol. The van der Waals surface area contributed by atoms with Gasteiger partial charge in [0.2, 0.25) is 11.8 Å². The van der Waals surface area contributed by atoms with Crippen molar-refractivity contribution in [1.82, 2.24) is 14.8 Å². The van der Waals surface area contributed by atoms with Gasteiger partial charge in [-0.3, -0.25) is 19.3 Å². The fourth-order valence-corrected chi connectivity index (χ4v) is 3.85. The molecule has 3 heterocycles. The quantitative estimate of drug-likeness (QED) is 0.729. The zero-order valence-corrected chi connectivity index (χ0v) is 16.3. The van der Waals surface area contributed by atoms with Crippen LogP contribution in [0.4, 0.5) is 0 Å². The van der Waals surface area contributed by atoms with Gasteiger partial charge in [0.1, 0.15) is 6.54 Å². The van der Waals surface area contributed by atoms with E-state index in [1.807, 2.05) is 25.1 Å². The van der Waals surface area contributed by atoms with Gasteiger partial charge in [-0.1, -0.05) is 18.2 Å². The van der Waals surface area contributed by atoms with E-state index in [1.165, 1.54) is 0 Å². The molecule has 2 aromatic rings. The van der Waals surface area contributed by atoms with Gasteiger partial charge in [0.15, 0.2) is 0 Å². The number of fused-ring (bicyclic) bond motifs is 1. The SMILES string of the molecule is Cc1cccc(OCC2CCCN(C(=O)CN3C(=O)c4ccccc4C3=O)C2)n1. The molecular formula is C22H23N3O4. The molecule has 0 spiro atoms. The molecule has 1 atom stereocenters. The Bertz CT molecular complexity index is 924. The average Bonchev–Trinajstić information content (AvgIpc) is 2.98. The van der Waals surface area contributed by atoms with E-state index in [0.717, 1.165) is 23.4 Å². The monoisotopic (exact) mass is 393 g/mol. The van der Waals surface area contributed by atoms with E-state index in [-0.39, 0.29) is 18.4 Å². The summed E-state index contributed by atoms with van der Waals surface area (Å²) in [4.78, 5) is 44.9. The van der Waals surface area contributed by atoms with E-state index in [9.17, 15) is 14.4 Å². The first kappa shape index (κ1) is 19.1. The molecule has 0 N–H and O–H groups in total. The standard InChI is InChI=1S/C22H23N3O4/c1-15-6-4-10-19(23-15)29-14-16-7-5-11-24(12-16)20(26)13-25-21(27)17-8-2-3-9-18(17)22(25)28/h2-4,6,8-10,16H,5,7,11-14H2,1H3. The summed E-state index contributed by atoms with van der Waals surface area (Å²) < 4.78 is 5.80. The lowest BCUT2D eigenvalue weighted by Gasteiger charge is -2.33. The summed E-state index contributed by atoms with van der Waals surface area (Å²) in [5.41, 5.74) is 1.62. The van der Waals surface area contributed by atoms with Gasteiger partial charge in [-0.2, -0.15) is 0 Å². The van der Waals surface area contributed by atoms with Gasteiger partial charge in [-0.25, -0.2) is 4.98 Å². The van der Waals surface area contributed by atoms with Crippen LogP contribution in [0, 0.1) is 12.8 Å². The van der Waals surface area contributed by atoms with E-state index in [1.54, 1.807) is 29.2 Å². The van der Waals surface area contributed by atoms with E-state index < -0.39 is 11.8 Å². The number of hydrogen-bond acceptors (Lipinski definition) is 5. The first-order valence-electron chi connectivity index (χ1n) is 9.82. The number of nitrogens with zero attached hydrogens (tertiary/aromatic N) is 3. The van der Waals surface area contributed by atoms with Gasteiger partial charge >= 0.3 is 0 Å². The number of carbonyl (C=O) groups excluding carboxylic acids is 3. The molecule has 2 aliphatic heterocycles. The summed E-state index contributed by atoms with van der Waals surface area (Å²) in [6.45, 7) is 3.34. The van der Waals surface area contributed by atoms with E-state index >= 15 is 0 Å². The Balaban J connectivity index is 1.34. The molecule has 2 aliphatic rings. The molecule has 7 nitrogen and oxygen atoms in total. The summed E-state index contributed by atoms with van der Waals surface area (Å²) >= 11 is 0. The van der Waals surface area contributed by atoms with Crippen LogP contribution < -0.4 is 4.74 Å². The Morgan fingerprint density at radius 1 is 1.10 bits per heavy atom. The Hall–Kier alpha value is -3.22. The van der Waals surface area contributed by atoms with Gasteiger partial charge in [-0.05, 0) is 38.0 Å². The first-order chi connectivity index (χ1) is 14.0. The Morgan fingerprint density at radius 2 is 1.83 bits per heavy atom. The Kier molecular flexibility index (Phi) is 5.29. The predicted molar refractivity (Wildman–Crippen MR) is 106 cm³/mol. The van der Waals surface area contributed by atoms with Crippen molar-refractivity contribution in [3.05, 3.63) is 59.3 Å². The van der Waals surface area contributed by atoms with Crippen LogP contribution in [0.15, 0.2) is 42.5 Å². The number of imide groups is 1. The summed E-state index contributed by atoms with van der Waals surface area (Å²) in [7, 11) is 0. The predicted octanol–water partition coefficient (Wildman–Crippen LogP) is 2.30. The molecule has 0 aliphatic carbocycles. The maximum atomic E-state index is 12.8. The molecule has 0 bridgehead atoms. The van der Waals surface area contributed by atoms with Crippen molar-refractivity contribution in [3.8, 4) is 5.88 Å². The second-order valence-corrected chi connectivity index (χ2v) is 7.52. The minimum atomic E-state index is -0.402. The number of hydrogen-bond donors (Lipinski definition) is 0. The van der Waals surface area contributed by atoms with Crippen LogP contribution in [-0.2, 0) is 4.79 Å². The van der Waals surface area contributed by atoms with Crippen molar-refractivity contribution in [2.75, 3.05) is 26.2 Å². The third-order valence-electron chi connectivity index (χ3n) is 5.37. The van der Waals surface area contributed by atoms with Crippen molar-refractivity contribution in [1.29, 1.82) is 0 Å². The van der Waals surface area contributed by atoms with Crippen LogP contribution in [0.2, 0.25) is 0 Å². The van der Waals surface area contributed by atoms with Gasteiger partial charge in [-0.15, -0.1) is 0 Å². The fraction of sp³-hybridized carbons (Fsp3) is 0.364. The molecule has 1 saturated heterocycles. The lowest BCUT2D eigenvalue weighted by Crippen LogP contribution is -2.47. The molecule has 4 rings (SSSR count). The summed E-state index contributed by atoms with van der Waals surface area (Å²) in [5, 5.41) is 0. The van der Waals surface area contributed by atoms with Crippen molar-refractivity contribution >= 4 is 17.7 Å². The number of carbonyl (C=O) groups is 3. The second-order valence-electron chi connectivity index (χ2n) is 7.52. The maximum absolute atomic E-state index is 12.8. The molecule has 150 valence electrons. The molecule has 1 fully saturated rings. The molecule has 0 radical (unpaired) electrons. The molecule has 0 saturated carbocycles. The summed E-state index contributed by atoms with van der Waals surface area (Å²) in [5.74, 6) is -0.239. The van der Waals surface area contributed by atoms with Gasteiger partial charge < -0.3 is 9.64 Å². The molecule has 1 aromatic carbocycles. The van der Waals surface area contributed by atoms with Crippen molar-refractivity contribution in [2.45, 2.75) is 19.8 Å². The van der Waals surface area contributed by atoms with Crippen LogP contribution in [0.3, 0.4) is 0 Å². The zero-order chi connectivity index (χ0) is 20.4. The number of ether oxygens (including phenoxy) is 1. The molecule has 7 heteroatoms. The van der Waals surface area contributed by atoms with Crippen LogP contribution in [0.5, 0.6) is 5.88 Å². The number of aryl methyl sites for hydroxylation is 1. The zero-order valence-electron chi connectivity index (χ0n) is 16.3. The van der Waals surface area contributed by atoms with Crippen LogP contribution in [0.25, 0.3) is 0 Å². The topological polar surface area (TPSA) is 79.8 Å². The van der Waals surface area contributed by atoms with Crippen LogP contribution in [-0.4, -0.2) is 58.7 Å². The highest BCUT2D eigenvalue weighted by atomic mass is 16.5. The summed E-state index contributed by atoms with van der Waals surface area (Å²) in [6.07, 6.45) is 1.83. The number of benzene rings is 1. The Morgan fingerprint density at radius 3 is 2.52 bits per heavy atom. The molecule has 29 heavy (non-hydrogen) atoms. The number of pyridine rings is 1. The molecule has 3 amide bonds. The highest BCUT2D eigenvalue weighted by Gasteiger charge is 2.37. The number of amides is 3. The first-order valence-corrected chi connectivity index (χ1v) is 9.82. The third-order valence-corrected chi connectivity index (χ3v) is 5.37. The van der Waals surface area contributed by atoms with E-state index in [2.05, 4.69) is 4.98 Å². The largest absolute Gasteiger partial charge is 0.477 e. The lowest BCUT2D eigenvalue weighted by molar-refractivity contribution is -0.133. The number of rotatable bonds is 5. The smallest absolute Gasteiger partial charge is 0.262 e. The highest BCUT2D eigenvalue weighted by molar-refractivity contribution is 6.22. The minimum absolute atomic E-state index is 0.192. The second kappa shape index (κ2) is 8.03. The normalized spacial score (nSPS) is 18.7.